The Kier molecular flexibility index (Phi) is 3.68. The Labute approximate surface area is 104 Å². The van der Waals surface area contributed by atoms with Crippen molar-refractivity contribution in [3.05, 3.63) is 29.8 Å². The summed E-state index contributed by atoms with van der Waals surface area (Å²) in [4.78, 5) is 25.0. The SMILES string of the molecule is O=C(O)c1ccccc1SCC(=O)N1CCC1. The molecule has 1 heterocycles. The third-order valence-corrected chi connectivity index (χ3v) is 3.74. The second-order valence-corrected chi connectivity index (χ2v) is 4.84. The number of thioether (sulfide) groups is 1. The third kappa shape index (κ3) is 2.79. The Morgan fingerprint density at radius 3 is 2.59 bits per heavy atom. The molecule has 1 N–H and O–H groups in total. The van der Waals surface area contributed by atoms with Crippen molar-refractivity contribution in [1.29, 1.82) is 0 Å². The first-order valence-corrected chi connectivity index (χ1v) is 6.40. The Balaban J connectivity index is 1.98. The molecule has 0 saturated carbocycles. The molecule has 2 rings (SSSR count). The molecule has 0 spiro atoms. The largest absolute Gasteiger partial charge is 0.478 e. The normalized spacial score (nSPS) is 14.2. The van der Waals surface area contributed by atoms with Crippen LogP contribution in [0.5, 0.6) is 0 Å². The summed E-state index contributed by atoms with van der Waals surface area (Å²) in [6, 6.07) is 6.75. The molecule has 0 radical (unpaired) electrons. The zero-order valence-electron chi connectivity index (χ0n) is 9.26. The van der Waals surface area contributed by atoms with Crippen LogP contribution in [0.1, 0.15) is 16.8 Å². The van der Waals surface area contributed by atoms with Crippen LogP contribution in [0.4, 0.5) is 0 Å². The highest BCUT2D eigenvalue weighted by molar-refractivity contribution is 8.00. The van der Waals surface area contributed by atoms with E-state index in [1.807, 2.05) is 0 Å². The summed E-state index contributed by atoms with van der Waals surface area (Å²) < 4.78 is 0. The number of carboxylic acids is 1. The van der Waals surface area contributed by atoms with E-state index in [0.717, 1.165) is 19.5 Å². The molecule has 1 aromatic carbocycles. The van der Waals surface area contributed by atoms with E-state index in [4.69, 9.17) is 5.11 Å². The van der Waals surface area contributed by atoms with E-state index in [0.29, 0.717) is 10.6 Å². The molecule has 1 aliphatic heterocycles. The summed E-state index contributed by atoms with van der Waals surface area (Å²) in [5, 5.41) is 8.99. The van der Waals surface area contributed by atoms with Gasteiger partial charge in [-0.3, -0.25) is 4.79 Å². The molecule has 5 heteroatoms. The molecule has 0 unspecified atom stereocenters. The van der Waals surface area contributed by atoms with E-state index in [-0.39, 0.29) is 11.5 Å². The lowest BCUT2D eigenvalue weighted by Crippen LogP contribution is -2.43. The van der Waals surface area contributed by atoms with Crippen LogP contribution >= 0.6 is 11.8 Å². The second-order valence-electron chi connectivity index (χ2n) is 3.82. The monoisotopic (exact) mass is 251 g/mol. The lowest BCUT2D eigenvalue weighted by Gasteiger charge is -2.30. The predicted molar refractivity (Wildman–Crippen MR) is 65.3 cm³/mol. The molecule has 1 amide bonds. The highest BCUT2D eigenvalue weighted by Crippen LogP contribution is 2.23. The minimum atomic E-state index is -0.954. The summed E-state index contributed by atoms with van der Waals surface area (Å²) in [7, 11) is 0. The standard InChI is InChI=1S/C12H13NO3S/c14-11(13-6-3-7-13)8-17-10-5-2-1-4-9(10)12(15)16/h1-2,4-5H,3,6-8H2,(H,15,16). The first kappa shape index (κ1) is 12.0. The van der Waals surface area contributed by atoms with Crippen molar-refractivity contribution in [3.63, 3.8) is 0 Å². The van der Waals surface area contributed by atoms with Gasteiger partial charge in [-0.2, -0.15) is 0 Å². The third-order valence-electron chi connectivity index (χ3n) is 2.68. The summed E-state index contributed by atoms with van der Waals surface area (Å²) in [5.74, 6) is -0.560. The number of likely N-dealkylation sites (tertiary alicyclic amines) is 1. The van der Waals surface area contributed by atoms with E-state index in [1.165, 1.54) is 11.8 Å². The van der Waals surface area contributed by atoms with Gasteiger partial charge in [0.15, 0.2) is 0 Å². The first-order valence-electron chi connectivity index (χ1n) is 5.41. The topological polar surface area (TPSA) is 57.6 Å². The van der Waals surface area contributed by atoms with Crippen LogP contribution in [-0.2, 0) is 4.79 Å². The van der Waals surface area contributed by atoms with Crippen molar-refractivity contribution in [3.8, 4) is 0 Å². The van der Waals surface area contributed by atoms with Crippen molar-refractivity contribution in [2.75, 3.05) is 18.8 Å². The Bertz CT molecular complexity index is 443. The van der Waals surface area contributed by atoms with E-state index in [1.54, 1.807) is 29.2 Å². The number of hydrogen-bond acceptors (Lipinski definition) is 3. The molecule has 0 aromatic heterocycles. The molecule has 1 saturated heterocycles. The van der Waals surface area contributed by atoms with Crippen LogP contribution in [0.25, 0.3) is 0 Å². The first-order chi connectivity index (χ1) is 8.18. The smallest absolute Gasteiger partial charge is 0.336 e. The molecule has 0 atom stereocenters. The number of carbonyl (C=O) groups excluding carboxylic acids is 1. The van der Waals surface area contributed by atoms with Gasteiger partial charge in [0.2, 0.25) is 5.91 Å². The lowest BCUT2D eigenvalue weighted by atomic mass is 10.2. The highest BCUT2D eigenvalue weighted by atomic mass is 32.2. The molecule has 17 heavy (non-hydrogen) atoms. The number of rotatable bonds is 4. The van der Waals surface area contributed by atoms with Crippen LogP contribution in [-0.4, -0.2) is 40.7 Å². The number of carbonyl (C=O) groups is 2. The fourth-order valence-electron chi connectivity index (χ4n) is 1.57. The van der Waals surface area contributed by atoms with E-state index < -0.39 is 5.97 Å². The van der Waals surface area contributed by atoms with Gasteiger partial charge >= 0.3 is 5.97 Å². The second kappa shape index (κ2) is 5.23. The van der Waals surface area contributed by atoms with E-state index in [2.05, 4.69) is 0 Å². The number of benzene rings is 1. The van der Waals surface area contributed by atoms with Gasteiger partial charge in [-0.15, -0.1) is 11.8 Å². The minimum Gasteiger partial charge on any atom is -0.478 e. The van der Waals surface area contributed by atoms with Crippen molar-refractivity contribution >= 4 is 23.6 Å². The fourth-order valence-corrected chi connectivity index (χ4v) is 2.51. The molecule has 1 aromatic rings. The molecular formula is C12H13NO3S. The zero-order valence-corrected chi connectivity index (χ0v) is 10.1. The summed E-state index contributed by atoms with van der Waals surface area (Å²) >= 11 is 1.29. The van der Waals surface area contributed by atoms with Gasteiger partial charge in [0, 0.05) is 18.0 Å². The van der Waals surface area contributed by atoms with Crippen molar-refractivity contribution in [1.82, 2.24) is 4.90 Å². The van der Waals surface area contributed by atoms with Gasteiger partial charge in [0.1, 0.15) is 0 Å². The van der Waals surface area contributed by atoms with Gasteiger partial charge < -0.3 is 10.0 Å². The number of amides is 1. The van der Waals surface area contributed by atoms with E-state index >= 15 is 0 Å². The van der Waals surface area contributed by atoms with Crippen LogP contribution in [0.2, 0.25) is 0 Å². The van der Waals surface area contributed by atoms with Crippen molar-refractivity contribution in [2.45, 2.75) is 11.3 Å². The predicted octanol–water partition coefficient (Wildman–Crippen LogP) is 1.71. The number of nitrogens with zero attached hydrogens (tertiary/aromatic N) is 1. The molecule has 4 nitrogen and oxygen atoms in total. The molecule has 0 bridgehead atoms. The van der Waals surface area contributed by atoms with Crippen LogP contribution in [0, 0.1) is 0 Å². The Hall–Kier alpha value is -1.49. The fraction of sp³-hybridized carbons (Fsp3) is 0.333. The highest BCUT2D eigenvalue weighted by Gasteiger charge is 2.20. The van der Waals surface area contributed by atoms with Crippen LogP contribution < -0.4 is 0 Å². The summed E-state index contributed by atoms with van der Waals surface area (Å²) in [6.07, 6.45) is 1.07. The number of carboxylic acid groups (broad SMARTS) is 1. The lowest BCUT2D eigenvalue weighted by molar-refractivity contribution is -0.131. The number of aromatic carboxylic acids is 1. The maximum Gasteiger partial charge on any atom is 0.336 e. The average Bonchev–Trinajstić information content (AvgIpc) is 2.24. The van der Waals surface area contributed by atoms with Gasteiger partial charge in [0.25, 0.3) is 0 Å². The molecule has 1 fully saturated rings. The van der Waals surface area contributed by atoms with Gasteiger partial charge in [-0.1, -0.05) is 12.1 Å². The minimum absolute atomic E-state index is 0.0847. The molecule has 1 aliphatic rings. The van der Waals surface area contributed by atoms with Crippen molar-refractivity contribution in [2.24, 2.45) is 0 Å². The zero-order chi connectivity index (χ0) is 12.3. The number of hydrogen-bond donors (Lipinski definition) is 1. The molecular weight excluding hydrogens is 238 g/mol. The maximum atomic E-state index is 11.6. The molecule has 0 aliphatic carbocycles. The molecule has 90 valence electrons. The summed E-state index contributed by atoms with van der Waals surface area (Å²) in [5.41, 5.74) is 0.258. The quantitative estimate of drug-likeness (QED) is 0.828. The Morgan fingerprint density at radius 2 is 2.00 bits per heavy atom. The van der Waals surface area contributed by atoms with Gasteiger partial charge in [0.05, 0.1) is 11.3 Å². The average molecular weight is 251 g/mol. The van der Waals surface area contributed by atoms with Crippen molar-refractivity contribution < 1.29 is 14.7 Å². The van der Waals surface area contributed by atoms with Gasteiger partial charge in [-0.05, 0) is 18.6 Å². The maximum absolute atomic E-state index is 11.6. The Morgan fingerprint density at radius 1 is 1.29 bits per heavy atom. The summed E-state index contributed by atoms with van der Waals surface area (Å²) in [6.45, 7) is 1.67. The van der Waals surface area contributed by atoms with Crippen LogP contribution in [0.15, 0.2) is 29.2 Å². The van der Waals surface area contributed by atoms with E-state index in [9.17, 15) is 9.59 Å². The van der Waals surface area contributed by atoms with Gasteiger partial charge in [-0.25, -0.2) is 4.79 Å². The van der Waals surface area contributed by atoms with Crippen LogP contribution in [0.3, 0.4) is 0 Å².